The molecule has 0 saturated heterocycles. The van der Waals surface area contributed by atoms with Gasteiger partial charge in [0.25, 0.3) is 11.5 Å². The number of amides is 1. The smallest absolute Gasteiger partial charge is 0.275 e. The van der Waals surface area contributed by atoms with Crippen LogP contribution in [0.4, 0.5) is 0 Å². The molecule has 0 aliphatic rings. The summed E-state index contributed by atoms with van der Waals surface area (Å²) in [4.78, 5) is 29.0. The van der Waals surface area contributed by atoms with Gasteiger partial charge in [0.2, 0.25) is 0 Å². The van der Waals surface area contributed by atoms with Crippen LogP contribution >= 0.6 is 0 Å². The van der Waals surface area contributed by atoms with Crippen molar-refractivity contribution in [2.45, 2.75) is 6.54 Å². The van der Waals surface area contributed by atoms with Crippen molar-refractivity contribution in [2.24, 2.45) is 0 Å². The van der Waals surface area contributed by atoms with Gasteiger partial charge in [0, 0.05) is 25.0 Å². The molecule has 1 N–H and O–H groups in total. The molecule has 0 fully saturated rings. The number of benzene rings is 2. The summed E-state index contributed by atoms with van der Waals surface area (Å²) in [6.07, 6.45) is 0. The molecule has 1 amide bonds. The second-order valence-electron chi connectivity index (χ2n) is 6.46. The summed E-state index contributed by atoms with van der Waals surface area (Å²) < 4.78 is 0. The first-order chi connectivity index (χ1) is 12.6. The van der Waals surface area contributed by atoms with Crippen LogP contribution in [0.3, 0.4) is 0 Å². The van der Waals surface area contributed by atoms with Crippen molar-refractivity contribution in [1.82, 2.24) is 20.0 Å². The number of nitrogens with zero attached hydrogens (tertiary/aromatic N) is 3. The number of likely N-dealkylation sites (N-methyl/N-ethyl adjacent to an activating group) is 1. The molecule has 3 aromatic rings. The minimum atomic E-state index is -0.292. The largest absolute Gasteiger partial charge is 0.332 e. The minimum Gasteiger partial charge on any atom is -0.332 e. The highest BCUT2D eigenvalue weighted by atomic mass is 16.2. The Balaban J connectivity index is 1.97. The summed E-state index contributed by atoms with van der Waals surface area (Å²) in [5, 5.41) is 7.54. The second kappa shape index (κ2) is 7.93. The lowest BCUT2D eigenvalue weighted by Crippen LogP contribution is -2.37. The van der Waals surface area contributed by atoms with Crippen molar-refractivity contribution in [2.75, 3.05) is 27.2 Å². The van der Waals surface area contributed by atoms with Crippen molar-refractivity contribution in [3.63, 3.8) is 0 Å². The van der Waals surface area contributed by atoms with Crippen molar-refractivity contribution >= 4 is 16.7 Å². The molecule has 1 aromatic heterocycles. The van der Waals surface area contributed by atoms with Gasteiger partial charge in [0.05, 0.1) is 5.39 Å². The maximum atomic E-state index is 13.2. The van der Waals surface area contributed by atoms with E-state index in [0.29, 0.717) is 23.9 Å². The molecule has 0 bridgehead atoms. The molecule has 3 rings (SSSR count). The molecule has 0 unspecified atom stereocenters. The fourth-order valence-electron chi connectivity index (χ4n) is 2.80. The van der Waals surface area contributed by atoms with E-state index in [-0.39, 0.29) is 17.2 Å². The number of aromatic amines is 1. The van der Waals surface area contributed by atoms with E-state index in [1.807, 2.05) is 55.4 Å². The zero-order valence-electron chi connectivity index (χ0n) is 15.0. The number of carbonyl (C=O) groups is 1. The van der Waals surface area contributed by atoms with Crippen LogP contribution < -0.4 is 5.56 Å². The first-order valence-corrected chi connectivity index (χ1v) is 8.51. The SMILES string of the molecule is CN(C)CCN(Cc1ccccc1)C(=O)c1n[nH]c(=O)c2ccccc12. The first kappa shape index (κ1) is 17.8. The highest BCUT2D eigenvalue weighted by molar-refractivity contribution is 6.04. The molecule has 6 heteroatoms. The molecule has 0 aliphatic carbocycles. The molecular formula is C20H22N4O2. The number of fused-ring (bicyclic) bond motifs is 1. The molecule has 0 aliphatic heterocycles. The summed E-state index contributed by atoms with van der Waals surface area (Å²) >= 11 is 0. The highest BCUT2D eigenvalue weighted by Crippen LogP contribution is 2.16. The monoisotopic (exact) mass is 350 g/mol. The van der Waals surface area contributed by atoms with Gasteiger partial charge >= 0.3 is 0 Å². The Bertz CT molecular complexity index is 951. The van der Waals surface area contributed by atoms with Crippen molar-refractivity contribution in [3.8, 4) is 0 Å². The van der Waals surface area contributed by atoms with Crippen LogP contribution in [-0.2, 0) is 6.54 Å². The second-order valence-corrected chi connectivity index (χ2v) is 6.46. The number of aromatic nitrogens is 2. The van der Waals surface area contributed by atoms with E-state index < -0.39 is 0 Å². The summed E-state index contributed by atoms with van der Waals surface area (Å²) in [6, 6.07) is 16.9. The maximum Gasteiger partial charge on any atom is 0.275 e. The Kier molecular flexibility index (Phi) is 5.43. The van der Waals surface area contributed by atoms with Gasteiger partial charge in [0.15, 0.2) is 5.69 Å². The van der Waals surface area contributed by atoms with E-state index in [1.54, 1.807) is 23.1 Å². The minimum absolute atomic E-state index is 0.192. The van der Waals surface area contributed by atoms with E-state index in [1.165, 1.54) is 0 Å². The average molecular weight is 350 g/mol. The Morgan fingerprint density at radius 1 is 0.962 bits per heavy atom. The third-order valence-corrected chi connectivity index (χ3v) is 4.22. The zero-order valence-corrected chi connectivity index (χ0v) is 15.0. The van der Waals surface area contributed by atoms with Gasteiger partial charge in [-0.25, -0.2) is 5.10 Å². The molecule has 0 atom stereocenters. The van der Waals surface area contributed by atoms with Gasteiger partial charge in [-0.1, -0.05) is 48.5 Å². The molecule has 6 nitrogen and oxygen atoms in total. The number of carbonyl (C=O) groups excluding carboxylic acids is 1. The fraction of sp³-hybridized carbons (Fsp3) is 0.250. The molecule has 0 spiro atoms. The molecule has 0 radical (unpaired) electrons. The van der Waals surface area contributed by atoms with Crippen LogP contribution in [0, 0.1) is 0 Å². The topological polar surface area (TPSA) is 69.3 Å². The van der Waals surface area contributed by atoms with Gasteiger partial charge in [0.1, 0.15) is 0 Å². The van der Waals surface area contributed by atoms with E-state index in [9.17, 15) is 9.59 Å². The van der Waals surface area contributed by atoms with Crippen molar-refractivity contribution in [3.05, 3.63) is 76.2 Å². The molecular weight excluding hydrogens is 328 g/mol. The fourth-order valence-corrected chi connectivity index (χ4v) is 2.80. The lowest BCUT2D eigenvalue weighted by Gasteiger charge is -2.24. The Hall–Kier alpha value is -2.99. The molecule has 1 heterocycles. The lowest BCUT2D eigenvalue weighted by atomic mass is 10.1. The molecule has 0 saturated carbocycles. The van der Waals surface area contributed by atoms with E-state index in [0.717, 1.165) is 12.1 Å². The van der Waals surface area contributed by atoms with Crippen LogP contribution in [0.25, 0.3) is 10.8 Å². The third kappa shape index (κ3) is 3.97. The summed E-state index contributed by atoms with van der Waals surface area (Å²) in [6.45, 7) is 1.79. The maximum absolute atomic E-state index is 13.2. The third-order valence-electron chi connectivity index (χ3n) is 4.22. The van der Waals surface area contributed by atoms with Crippen molar-refractivity contribution in [1.29, 1.82) is 0 Å². The quantitative estimate of drug-likeness (QED) is 0.739. The van der Waals surface area contributed by atoms with E-state index >= 15 is 0 Å². The summed E-state index contributed by atoms with van der Waals surface area (Å²) in [5.74, 6) is -0.192. The zero-order chi connectivity index (χ0) is 18.5. The number of rotatable bonds is 6. The summed E-state index contributed by atoms with van der Waals surface area (Å²) in [5.41, 5.74) is 1.03. The van der Waals surface area contributed by atoms with Crippen LogP contribution in [-0.4, -0.2) is 53.1 Å². The van der Waals surface area contributed by atoms with Crippen LogP contribution in [0.2, 0.25) is 0 Å². The standard InChI is InChI=1S/C20H22N4O2/c1-23(2)12-13-24(14-15-8-4-3-5-9-15)20(26)18-16-10-6-7-11-17(16)19(25)22-21-18/h3-11H,12-14H2,1-2H3,(H,22,25). The van der Waals surface area contributed by atoms with E-state index in [2.05, 4.69) is 10.2 Å². The number of nitrogens with one attached hydrogen (secondary N) is 1. The Labute approximate surface area is 152 Å². The Morgan fingerprint density at radius 2 is 1.62 bits per heavy atom. The predicted octanol–water partition coefficient (Wildman–Crippen LogP) is 2.13. The number of hydrogen-bond acceptors (Lipinski definition) is 4. The highest BCUT2D eigenvalue weighted by Gasteiger charge is 2.21. The Morgan fingerprint density at radius 3 is 2.31 bits per heavy atom. The lowest BCUT2D eigenvalue weighted by molar-refractivity contribution is 0.0727. The van der Waals surface area contributed by atoms with Gasteiger partial charge in [-0.15, -0.1) is 0 Å². The summed E-state index contributed by atoms with van der Waals surface area (Å²) in [7, 11) is 3.94. The van der Waals surface area contributed by atoms with E-state index in [4.69, 9.17) is 0 Å². The number of H-pyrrole nitrogens is 1. The normalized spacial score (nSPS) is 11.0. The van der Waals surface area contributed by atoms with Gasteiger partial charge in [-0.2, -0.15) is 5.10 Å². The van der Waals surface area contributed by atoms with Gasteiger partial charge < -0.3 is 9.80 Å². The predicted molar refractivity (Wildman–Crippen MR) is 102 cm³/mol. The average Bonchev–Trinajstić information content (AvgIpc) is 2.66. The molecule has 26 heavy (non-hydrogen) atoms. The van der Waals surface area contributed by atoms with Crippen LogP contribution in [0.1, 0.15) is 16.1 Å². The molecule has 2 aromatic carbocycles. The number of hydrogen-bond donors (Lipinski definition) is 1. The van der Waals surface area contributed by atoms with Crippen molar-refractivity contribution < 1.29 is 4.79 Å². The van der Waals surface area contributed by atoms with Gasteiger partial charge in [-0.05, 0) is 25.7 Å². The van der Waals surface area contributed by atoms with Gasteiger partial charge in [-0.3, -0.25) is 9.59 Å². The molecule has 134 valence electrons. The van der Waals surface area contributed by atoms with Crippen LogP contribution in [0.5, 0.6) is 0 Å². The first-order valence-electron chi connectivity index (χ1n) is 8.51. The van der Waals surface area contributed by atoms with Crippen LogP contribution in [0.15, 0.2) is 59.4 Å².